The SMILES string of the molecule is Cc1ccc(NC(=O)c2cn(-c3ccccc3)nc2-c2ccc(F)cc2)c([N+](=O)[O-])c1. The number of carbonyl (C=O) groups is 1. The molecule has 0 aliphatic heterocycles. The van der Waals surface area contributed by atoms with E-state index < -0.39 is 16.6 Å². The fraction of sp³-hybridized carbons (Fsp3) is 0.0435. The van der Waals surface area contributed by atoms with Gasteiger partial charge in [0.2, 0.25) is 0 Å². The molecule has 1 amide bonds. The van der Waals surface area contributed by atoms with Crippen molar-refractivity contribution in [3.8, 4) is 16.9 Å². The Morgan fingerprint density at radius 2 is 1.77 bits per heavy atom. The Morgan fingerprint density at radius 3 is 2.45 bits per heavy atom. The summed E-state index contributed by atoms with van der Waals surface area (Å²) in [5, 5.41) is 18.5. The molecule has 4 rings (SSSR count). The van der Waals surface area contributed by atoms with Crippen molar-refractivity contribution in [3.05, 3.63) is 106 Å². The van der Waals surface area contributed by atoms with E-state index in [1.165, 1.54) is 41.1 Å². The molecule has 1 N–H and O–H groups in total. The van der Waals surface area contributed by atoms with Crippen LogP contribution in [0.1, 0.15) is 15.9 Å². The van der Waals surface area contributed by atoms with Crippen LogP contribution in [0.3, 0.4) is 0 Å². The molecule has 3 aromatic carbocycles. The molecule has 0 spiro atoms. The topological polar surface area (TPSA) is 90.1 Å². The molecule has 0 aliphatic rings. The highest BCUT2D eigenvalue weighted by Gasteiger charge is 2.22. The minimum Gasteiger partial charge on any atom is -0.316 e. The average Bonchev–Trinajstić information content (AvgIpc) is 3.21. The van der Waals surface area contributed by atoms with Crippen LogP contribution in [0.15, 0.2) is 79.0 Å². The predicted molar refractivity (Wildman–Crippen MR) is 115 cm³/mol. The zero-order valence-electron chi connectivity index (χ0n) is 16.4. The van der Waals surface area contributed by atoms with E-state index in [1.54, 1.807) is 19.2 Å². The first kappa shape index (κ1) is 20.0. The van der Waals surface area contributed by atoms with Crippen LogP contribution in [0.4, 0.5) is 15.8 Å². The Balaban J connectivity index is 1.78. The zero-order chi connectivity index (χ0) is 22.0. The molecule has 1 heterocycles. The summed E-state index contributed by atoms with van der Waals surface area (Å²) in [4.78, 5) is 24.0. The first-order valence-corrected chi connectivity index (χ1v) is 9.40. The summed E-state index contributed by atoms with van der Waals surface area (Å²) in [7, 11) is 0. The minimum absolute atomic E-state index is 0.0816. The van der Waals surface area contributed by atoms with Gasteiger partial charge < -0.3 is 5.32 Å². The number of nitro groups is 1. The molecule has 31 heavy (non-hydrogen) atoms. The van der Waals surface area contributed by atoms with Crippen molar-refractivity contribution in [2.24, 2.45) is 0 Å². The molecule has 1 aromatic heterocycles. The Hall–Kier alpha value is -4.33. The van der Waals surface area contributed by atoms with E-state index in [2.05, 4.69) is 10.4 Å². The number of carbonyl (C=O) groups excluding carboxylic acids is 1. The summed E-state index contributed by atoms with van der Waals surface area (Å²) in [6.45, 7) is 1.73. The molecule has 0 saturated heterocycles. The van der Waals surface area contributed by atoms with E-state index in [1.807, 2.05) is 30.3 Å². The smallest absolute Gasteiger partial charge is 0.293 e. The lowest BCUT2D eigenvalue weighted by atomic mass is 10.1. The van der Waals surface area contributed by atoms with E-state index in [0.717, 1.165) is 5.69 Å². The molecule has 0 aliphatic carbocycles. The standard InChI is InChI=1S/C23H17FN4O3/c1-15-7-12-20(21(13-15)28(30)31)25-23(29)19-14-27(18-5-3-2-4-6-18)26-22(19)16-8-10-17(24)11-9-16/h2-14H,1H3,(H,25,29). The largest absolute Gasteiger partial charge is 0.316 e. The highest BCUT2D eigenvalue weighted by Crippen LogP contribution is 2.28. The van der Waals surface area contributed by atoms with Gasteiger partial charge in [0.15, 0.2) is 0 Å². The first-order valence-electron chi connectivity index (χ1n) is 9.40. The van der Waals surface area contributed by atoms with Gasteiger partial charge in [0.1, 0.15) is 17.2 Å². The van der Waals surface area contributed by atoms with Crippen LogP contribution in [0.5, 0.6) is 0 Å². The van der Waals surface area contributed by atoms with Gasteiger partial charge in [0, 0.05) is 17.8 Å². The maximum Gasteiger partial charge on any atom is 0.293 e. The Morgan fingerprint density at radius 1 is 1.06 bits per heavy atom. The maximum atomic E-state index is 13.4. The third-order valence-corrected chi connectivity index (χ3v) is 4.70. The average molecular weight is 416 g/mol. The Bertz CT molecular complexity index is 1270. The lowest BCUT2D eigenvalue weighted by Crippen LogP contribution is -2.13. The number of para-hydroxylation sites is 1. The maximum absolute atomic E-state index is 13.4. The number of nitrogens with zero attached hydrogens (tertiary/aromatic N) is 3. The lowest BCUT2D eigenvalue weighted by molar-refractivity contribution is -0.384. The fourth-order valence-corrected chi connectivity index (χ4v) is 3.16. The third kappa shape index (κ3) is 4.18. The van der Waals surface area contributed by atoms with Gasteiger partial charge in [-0.25, -0.2) is 9.07 Å². The van der Waals surface area contributed by atoms with Gasteiger partial charge in [0.25, 0.3) is 11.6 Å². The van der Waals surface area contributed by atoms with Crippen molar-refractivity contribution < 1.29 is 14.1 Å². The van der Waals surface area contributed by atoms with Gasteiger partial charge in [-0.05, 0) is 55.0 Å². The summed E-state index contributed by atoms with van der Waals surface area (Å²) in [5.74, 6) is -0.971. The van der Waals surface area contributed by atoms with Crippen LogP contribution in [0.2, 0.25) is 0 Å². The van der Waals surface area contributed by atoms with Crippen LogP contribution in [-0.2, 0) is 0 Å². The van der Waals surface area contributed by atoms with E-state index in [-0.39, 0.29) is 16.9 Å². The van der Waals surface area contributed by atoms with Crippen LogP contribution in [-0.4, -0.2) is 20.6 Å². The summed E-state index contributed by atoms with van der Waals surface area (Å²) in [5.41, 5.74) is 2.38. The van der Waals surface area contributed by atoms with Crippen molar-refractivity contribution >= 4 is 17.3 Å². The van der Waals surface area contributed by atoms with Gasteiger partial charge in [-0.15, -0.1) is 0 Å². The number of aromatic nitrogens is 2. The van der Waals surface area contributed by atoms with Crippen molar-refractivity contribution in [2.75, 3.05) is 5.32 Å². The van der Waals surface area contributed by atoms with Crippen molar-refractivity contribution in [1.82, 2.24) is 9.78 Å². The fourth-order valence-electron chi connectivity index (χ4n) is 3.16. The molecule has 7 nitrogen and oxygen atoms in total. The summed E-state index contributed by atoms with van der Waals surface area (Å²) in [6, 6.07) is 19.4. The van der Waals surface area contributed by atoms with Gasteiger partial charge in [-0.3, -0.25) is 14.9 Å². The Labute approximate surface area is 176 Å². The number of rotatable bonds is 5. The number of aryl methyl sites for hydroxylation is 1. The molecular formula is C23H17FN4O3. The number of nitrogens with one attached hydrogen (secondary N) is 1. The van der Waals surface area contributed by atoms with Gasteiger partial charge in [-0.2, -0.15) is 5.10 Å². The van der Waals surface area contributed by atoms with Crippen LogP contribution in [0, 0.1) is 22.9 Å². The molecule has 0 atom stereocenters. The molecule has 8 heteroatoms. The van der Waals surface area contributed by atoms with Crippen molar-refractivity contribution in [2.45, 2.75) is 6.92 Å². The second-order valence-corrected chi connectivity index (χ2v) is 6.91. The van der Waals surface area contributed by atoms with Gasteiger partial charge in [-0.1, -0.05) is 24.3 Å². The minimum atomic E-state index is -0.562. The summed E-state index contributed by atoms with van der Waals surface area (Å²) >= 11 is 0. The number of benzene rings is 3. The number of anilines is 1. The molecular weight excluding hydrogens is 399 g/mol. The van der Waals surface area contributed by atoms with E-state index in [4.69, 9.17) is 0 Å². The molecule has 4 aromatic rings. The molecule has 0 bridgehead atoms. The highest BCUT2D eigenvalue weighted by atomic mass is 19.1. The van der Waals surface area contributed by atoms with E-state index >= 15 is 0 Å². The summed E-state index contributed by atoms with van der Waals surface area (Å²) in [6.07, 6.45) is 1.55. The number of nitro benzene ring substituents is 1. The normalized spacial score (nSPS) is 10.6. The number of amides is 1. The molecule has 154 valence electrons. The second kappa shape index (κ2) is 8.19. The zero-order valence-corrected chi connectivity index (χ0v) is 16.4. The summed E-state index contributed by atoms with van der Waals surface area (Å²) < 4.78 is 14.9. The predicted octanol–water partition coefficient (Wildman–Crippen LogP) is 5.15. The number of hydrogen-bond donors (Lipinski definition) is 1. The molecule has 0 unspecified atom stereocenters. The van der Waals surface area contributed by atoms with Crippen molar-refractivity contribution in [3.63, 3.8) is 0 Å². The second-order valence-electron chi connectivity index (χ2n) is 6.91. The quantitative estimate of drug-likeness (QED) is 0.360. The first-order chi connectivity index (χ1) is 14.9. The van der Waals surface area contributed by atoms with Crippen LogP contribution >= 0.6 is 0 Å². The molecule has 0 radical (unpaired) electrons. The molecule has 0 fully saturated rings. The highest BCUT2D eigenvalue weighted by molar-refractivity contribution is 6.09. The van der Waals surface area contributed by atoms with Gasteiger partial charge in [0.05, 0.1) is 16.2 Å². The number of halogens is 1. The van der Waals surface area contributed by atoms with Crippen LogP contribution < -0.4 is 5.32 Å². The molecule has 0 saturated carbocycles. The Kier molecular flexibility index (Phi) is 5.28. The van der Waals surface area contributed by atoms with Crippen molar-refractivity contribution in [1.29, 1.82) is 0 Å². The van der Waals surface area contributed by atoms with Gasteiger partial charge >= 0.3 is 0 Å². The van der Waals surface area contributed by atoms with E-state index in [0.29, 0.717) is 16.8 Å². The monoisotopic (exact) mass is 416 g/mol. The van der Waals surface area contributed by atoms with E-state index in [9.17, 15) is 19.3 Å². The third-order valence-electron chi connectivity index (χ3n) is 4.70. The number of hydrogen-bond acceptors (Lipinski definition) is 4. The van der Waals surface area contributed by atoms with Crippen LogP contribution in [0.25, 0.3) is 16.9 Å². The lowest BCUT2D eigenvalue weighted by Gasteiger charge is -2.07.